The second kappa shape index (κ2) is 5.16. The number of anilines is 1. The molecule has 2 N–H and O–H groups in total. The Morgan fingerprint density at radius 3 is 2.86 bits per heavy atom. The van der Waals surface area contributed by atoms with Gasteiger partial charge in [-0.25, -0.2) is 8.42 Å². The molecule has 1 fully saturated rings. The lowest BCUT2D eigenvalue weighted by Crippen LogP contribution is -2.13. The van der Waals surface area contributed by atoms with Gasteiger partial charge in [0.2, 0.25) is 0 Å². The SMILES string of the molecule is Cc1cnccc1NS(=O)(=O)c1cc(CO)n(C2CC2)c1. The van der Waals surface area contributed by atoms with Crippen LogP contribution in [-0.4, -0.2) is 23.1 Å². The minimum atomic E-state index is -3.66. The van der Waals surface area contributed by atoms with Crippen molar-refractivity contribution in [1.82, 2.24) is 9.55 Å². The highest BCUT2D eigenvalue weighted by atomic mass is 32.2. The summed E-state index contributed by atoms with van der Waals surface area (Å²) in [5, 5.41) is 9.36. The zero-order chi connectivity index (χ0) is 15.0. The Bertz CT molecular complexity index is 764. The Hall–Kier alpha value is -1.86. The monoisotopic (exact) mass is 307 g/mol. The van der Waals surface area contributed by atoms with Crippen LogP contribution in [0.4, 0.5) is 5.69 Å². The highest BCUT2D eigenvalue weighted by Gasteiger charge is 2.28. The number of pyridine rings is 1. The molecule has 0 saturated heterocycles. The zero-order valence-electron chi connectivity index (χ0n) is 11.7. The lowest BCUT2D eigenvalue weighted by molar-refractivity contribution is 0.270. The molecule has 0 amide bonds. The number of aromatic nitrogens is 2. The van der Waals surface area contributed by atoms with E-state index in [9.17, 15) is 13.5 Å². The van der Waals surface area contributed by atoms with Gasteiger partial charge in [0.15, 0.2) is 0 Å². The van der Waals surface area contributed by atoms with Gasteiger partial charge in [-0.3, -0.25) is 9.71 Å². The minimum absolute atomic E-state index is 0.166. The molecular weight excluding hydrogens is 290 g/mol. The first-order valence-corrected chi connectivity index (χ1v) is 8.24. The number of sulfonamides is 1. The highest BCUT2D eigenvalue weighted by molar-refractivity contribution is 7.92. The lowest BCUT2D eigenvalue weighted by Gasteiger charge is -2.08. The fourth-order valence-corrected chi connectivity index (χ4v) is 3.43. The summed E-state index contributed by atoms with van der Waals surface area (Å²) >= 11 is 0. The van der Waals surface area contributed by atoms with Crippen LogP contribution in [0.3, 0.4) is 0 Å². The van der Waals surface area contributed by atoms with E-state index < -0.39 is 10.0 Å². The van der Waals surface area contributed by atoms with Crippen LogP contribution in [0.25, 0.3) is 0 Å². The van der Waals surface area contributed by atoms with E-state index in [0.29, 0.717) is 17.4 Å². The number of nitrogens with one attached hydrogen (secondary N) is 1. The van der Waals surface area contributed by atoms with Crippen molar-refractivity contribution in [2.75, 3.05) is 4.72 Å². The Labute approximate surface area is 123 Å². The maximum Gasteiger partial charge on any atom is 0.263 e. The summed E-state index contributed by atoms with van der Waals surface area (Å²) in [4.78, 5) is 4.11. The van der Waals surface area contributed by atoms with E-state index in [1.165, 1.54) is 6.07 Å². The maximum absolute atomic E-state index is 12.5. The minimum Gasteiger partial charge on any atom is -0.390 e. The first-order valence-electron chi connectivity index (χ1n) is 6.76. The van der Waals surface area contributed by atoms with Crippen LogP contribution in [0.15, 0.2) is 35.6 Å². The molecule has 6 nitrogen and oxygen atoms in total. The van der Waals surface area contributed by atoms with Gasteiger partial charge >= 0.3 is 0 Å². The Balaban J connectivity index is 1.93. The first kappa shape index (κ1) is 14.1. The van der Waals surface area contributed by atoms with Crippen LogP contribution < -0.4 is 4.72 Å². The van der Waals surface area contributed by atoms with Gasteiger partial charge in [-0.1, -0.05) is 0 Å². The topological polar surface area (TPSA) is 84.2 Å². The molecule has 0 aliphatic heterocycles. The standard InChI is InChI=1S/C14H17N3O3S/c1-10-7-15-5-4-14(10)16-21(19,20)13-6-12(9-18)17(8-13)11-2-3-11/h4-8,11,18H,2-3,9H2,1H3,(H,15,16). The molecule has 0 bridgehead atoms. The van der Waals surface area contributed by atoms with Crippen LogP contribution >= 0.6 is 0 Å². The van der Waals surface area contributed by atoms with E-state index in [1.807, 2.05) is 4.57 Å². The molecule has 1 aliphatic rings. The van der Waals surface area contributed by atoms with Crippen molar-refractivity contribution in [3.63, 3.8) is 0 Å². The fourth-order valence-electron chi connectivity index (χ4n) is 2.25. The van der Waals surface area contributed by atoms with Gasteiger partial charge in [0.1, 0.15) is 4.90 Å². The van der Waals surface area contributed by atoms with Gasteiger partial charge in [0, 0.05) is 30.3 Å². The zero-order valence-corrected chi connectivity index (χ0v) is 12.5. The summed E-state index contributed by atoms with van der Waals surface area (Å²) < 4.78 is 29.3. The van der Waals surface area contributed by atoms with Gasteiger partial charge in [-0.15, -0.1) is 0 Å². The van der Waals surface area contributed by atoms with E-state index in [0.717, 1.165) is 18.4 Å². The molecule has 2 heterocycles. The number of aliphatic hydroxyl groups is 1. The third-order valence-electron chi connectivity index (χ3n) is 3.58. The number of hydrogen-bond acceptors (Lipinski definition) is 4. The van der Waals surface area contributed by atoms with Crippen molar-refractivity contribution >= 4 is 15.7 Å². The molecule has 0 unspecified atom stereocenters. The van der Waals surface area contributed by atoms with Crippen LogP contribution in [-0.2, 0) is 16.6 Å². The summed E-state index contributed by atoms with van der Waals surface area (Å²) in [5.41, 5.74) is 1.89. The smallest absolute Gasteiger partial charge is 0.263 e. The second-order valence-corrected chi connectivity index (χ2v) is 6.94. The summed E-state index contributed by atoms with van der Waals surface area (Å²) in [6.45, 7) is 1.62. The Morgan fingerprint density at radius 2 is 2.24 bits per heavy atom. The van der Waals surface area contributed by atoms with Crippen molar-refractivity contribution in [3.8, 4) is 0 Å². The molecule has 1 saturated carbocycles. The molecule has 0 spiro atoms. The predicted molar refractivity (Wildman–Crippen MR) is 78.4 cm³/mol. The van der Waals surface area contributed by atoms with Crippen LogP contribution in [0.5, 0.6) is 0 Å². The highest BCUT2D eigenvalue weighted by Crippen LogP contribution is 2.37. The van der Waals surface area contributed by atoms with Crippen molar-refractivity contribution in [1.29, 1.82) is 0 Å². The van der Waals surface area contributed by atoms with E-state index in [-0.39, 0.29) is 11.5 Å². The normalized spacial score (nSPS) is 15.1. The van der Waals surface area contributed by atoms with Crippen LogP contribution in [0, 0.1) is 6.92 Å². The van der Waals surface area contributed by atoms with Gasteiger partial charge in [-0.2, -0.15) is 0 Å². The van der Waals surface area contributed by atoms with Gasteiger partial charge < -0.3 is 9.67 Å². The quantitative estimate of drug-likeness (QED) is 0.882. The number of aliphatic hydroxyl groups excluding tert-OH is 1. The van der Waals surface area contributed by atoms with Gasteiger partial charge in [0.05, 0.1) is 12.3 Å². The molecule has 0 atom stereocenters. The molecule has 0 aromatic carbocycles. The second-order valence-electron chi connectivity index (χ2n) is 5.26. The molecule has 3 rings (SSSR count). The van der Waals surface area contributed by atoms with Crippen molar-refractivity contribution in [2.24, 2.45) is 0 Å². The molecule has 21 heavy (non-hydrogen) atoms. The summed E-state index contributed by atoms with van der Waals surface area (Å²) in [6, 6.07) is 3.47. The number of aryl methyl sites for hydroxylation is 1. The summed E-state index contributed by atoms with van der Waals surface area (Å²) in [5.74, 6) is 0. The van der Waals surface area contributed by atoms with Crippen molar-refractivity contribution in [2.45, 2.75) is 37.3 Å². The summed E-state index contributed by atoms with van der Waals surface area (Å²) in [6.07, 6.45) is 6.80. The maximum atomic E-state index is 12.5. The van der Waals surface area contributed by atoms with Crippen LogP contribution in [0.2, 0.25) is 0 Å². The van der Waals surface area contributed by atoms with Gasteiger partial charge in [-0.05, 0) is 37.5 Å². The number of nitrogens with zero attached hydrogens (tertiary/aromatic N) is 2. The van der Waals surface area contributed by atoms with E-state index in [2.05, 4.69) is 9.71 Å². The predicted octanol–water partition coefficient (Wildman–Crippen LogP) is 1.82. The largest absolute Gasteiger partial charge is 0.390 e. The Kier molecular flexibility index (Phi) is 3.46. The van der Waals surface area contributed by atoms with Crippen LogP contribution in [0.1, 0.15) is 30.1 Å². The Morgan fingerprint density at radius 1 is 1.48 bits per heavy atom. The molecule has 1 aliphatic carbocycles. The van der Waals surface area contributed by atoms with Gasteiger partial charge in [0.25, 0.3) is 10.0 Å². The van der Waals surface area contributed by atoms with Crippen molar-refractivity contribution in [3.05, 3.63) is 42.0 Å². The van der Waals surface area contributed by atoms with Crippen molar-refractivity contribution < 1.29 is 13.5 Å². The first-order chi connectivity index (χ1) is 10.0. The average molecular weight is 307 g/mol. The molecule has 7 heteroatoms. The molecule has 0 radical (unpaired) electrons. The molecule has 2 aromatic rings. The molecule has 112 valence electrons. The average Bonchev–Trinajstić information content (AvgIpc) is 3.19. The van der Waals surface area contributed by atoms with E-state index in [1.54, 1.807) is 31.6 Å². The number of hydrogen-bond donors (Lipinski definition) is 2. The fraction of sp³-hybridized carbons (Fsp3) is 0.357. The third-order valence-corrected chi connectivity index (χ3v) is 4.92. The van der Waals surface area contributed by atoms with E-state index in [4.69, 9.17) is 0 Å². The lowest BCUT2D eigenvalue weighted by atomic mass is 10.3. The third kappa shape index (κ3) is 2.79. The number of rotatable bonds is 5. The molecular formula is C14H17N3O3S. The summed E-state index contributed by atoms with van der Waals surface area (Å²) in [7, 11) is -3.66. The molecule has 2 aromatic heterocycles. The van der Waals surface area contributed by atoms with E-state index >= 15 is 0 Å².